The van der Waals surface area contributed by atoms with E-state index >= 15 is 0 Å². The van der Waals surface area contributed by atoms with E-state index in [2.05, 4.69) is 36.9 Å². The lowest BCUT2D eigenvalue weighted by molar-refractivity contribution is 0.0108. The van der Waals surface area contributed by atoms with Crippen LogP contribution in [0, 0.1) is 0 Å². The van der Waals surface area contributed by atoms with Crippen LogP contribution >= 0.6 is 11.6 Å². The van der Waals surface area contributed by atoms with E-state index in [-0.39, 0.29) is 6.04 Å². The van der Waals surface area contributed by atoms with E-state index in [4.69, 9.17) is 21.1 Å². The minimum absolute atomic E-state index is 0.0725. The lowest BCUT2D eigenvalue weighted by atomic mass is 9.92. The van der Waals surface area contributed by atoms with Crippen molar-refractivity contribution in [1.29, 1.82) is 0 Å². The maximum atomic E-state index is 10.4. The van der Waals surface area contributed by atoms with E-state index in [0.717, 1.165) is 66.8 Å². The molecule has 4 aromatic rings. The van der Waals surface area contributed by atoms with Crippen molar-refractivity contribution in [3.8, 4) is 5.75 Å². The molecule has 4 heterocycles. The van der Waals surface area contributed by atoms with Crippen molar-refractivity contribution in [1.82, 2.24) is 19.9 Å². The fourth-order valence-corrected chi connectivity index (χ4v) is 5.67. The second kappa shape index (κ2) is 11.3. The number of aliphatic hydroxyl groups is 1. The molecule has 2 N–H and O–H groups in total. The normalized spacial score (nSPS) is 18.9. The number of ether oxygens (including phenoxy) is 2. The topological polar surface area (TPSA) is 86.7 Å². The van der Waals surface area contributed by atoms with Crippen LogP contribution in [0.5, 0.6) is 5.75 Å². The van der Waals surface area contributed by atoms with Crippen molar-refractivity contribution >= 4 is 28.5 Å². The second-order valence-electron chi connectivity index (χ2n) is 9.87. The number of morpholine rings is 1. The molecule has 0 saturated carbocycles. The summed E-state index contributed by atoms with van der Waals surface area (Å²) in [5, 5.41) is 12.3. The number of benzene rings is 2. The Hall–Kier alpha value is -3.17. The summed E-state index contributed by atoms with van der Waals surface area (Å²) in [5.41, 5.74) is 4.63. The molecule has 6 rings (SSSR count). The van der Waals surface area contributed by atoms with Crippen molar-refractivity contribution < 1.29 is 14.6 Å². The van der Waals surface area contributed by atoms with Gasteiger partial charge in [0.05, 0.1) is 32.0 Å². The number of hydrogen-bond acceptors (Lipinski definition) is 7. The predicted molar refractivity (Wildman–Crippen MR) is 148 cm³/mol. The molecule has 2 aromatic heterocycles. The second-order valence-corrected chi connectivity index (χ2v) is 10.3. The highest BCUT2D eigenvalue weighted by molar-refractivity contribution is 6.31. The van der Waals surface area contributed by atoms with Gasteiger partial charge in [-0.3, -0.25) is 4.90 Å². The first kappa shape index (κ1) is 25.1. The van der Waals surface area contributed by atoms with Crippen LogP contribution in [0.25, 0.3) is 10.9 Å². The third kappa shape index (κ3) is 5.35. The van der Waals surface area contributed by atoms with Gasteiger partial charge in [0.1, 0.15) is 5.75 Å². The fourth-order valence-electron chi connectivity index (χ4n) is 5.49. The largest absolute Gasteiger partial charge is 0.493 e. The number of β-amino-alcohol motifs (C(OH)–C–C–N with tert-alkyl or cyclic N) is 1. The van der Waals surface area contributed by atoms with Crippen LogP contribution in [0.2, 0.25) is 5.02 Å². The minimum atomic E-state index is -0.414. The number of aliphatic hydroxyl groups excluding tert-OH is 1. The molecule has 0 amide bonds. The Morgan fingerprint density at radius 1 is 1.08 bits per heavy atom. The number of hydrogen-bond donors (Lipinski definition) is 2. The zero-order valence-corrected chi connectivity index (χ0v) is 22.0. The highest BCUT2D eigenvalue weighted by atomic mass is 35.5. The van der Waals surface area contributed by atoms with Gasteiger partial charge in [-0.15, -0.1) is 0 Å². The number of H-pyrrole nitrogens is 1. The molecule has 0 spiro atoms. The average Bonchev–Trinajstić information content (AvgIpc) is 3.32. The fraction of sp³-hybridized carbons (Fsp3) is 0.379. The van der Waals surface area contributed by atoms with E-state index in [1.807, 2.05) is 36.4 Å². The van der Waals surface area contributed by atoms with E-state index in [0.29, 0.717) is 25.5 Å². The summed E-state index contributed by atoms with van der Waals surface area (Å²) in [6, 6.07) is 16.0. The number of nitrogens with one attached hydrogen (secondary N) is 1. The van der Waals surface area contributed by atoms with E-state index in [1.54, 1.807) is 12.4 Å². The molecule has 2 aliphatic rings. The predicted octanol–water partition coefficient (Wildman–Crippen LogP) is 4.23. The molecular formula is C29H32ClN5O3. The van der Waals surface area contributed by atoms with Gasteiger partial charge in [-0.2, -0.15) is 0 Å². The summed E-state index contributed by atoms with van der Waals surface area (Å²) in [6.07, 6.45) is 4.61. The van der Waals surface area contributed by atoms with Gasteiger partial charge >= 0.3 is 0 Å². The Bertz CT molecular complexity index is 1360. The molecule has 1 fully saturated rings. The highest BCUT2D eigenvalue weighted by Crippen LogP contribution is 2.40. The van der Waals surface area contributed by atoms with Crippen molar-refractivity contribution in [2.45, 2.75) is 25.0 Å². The zero-order chi connectivity index (χ0) is 25.9. The van der Waals surface area contributed by atoms with Crippen LogP contribution < -0.4 is 9.64 Å². The van der Waals surface area contributed by atoms with Crippen molar-refractivity contribution in [3.05, 3.63) is 82.8 Å². The molecule has 198 valence electrons. The Balaban J connectivity index is 1.20. The summed E-state index contributed by atoms with van der Waals surface area (Å²) in [4.78, 5) is 17.3. The summed E-state index contributed by atoms with van der Waals surface area (Å²) in [6.45, 7) is 5.12. The third-order valence-corrected chi connectivity index (χ3v) is 7.62. The first-order valence-electron chi connectivity index (χ1n) is 13.2. The average molecular weight is 534 g/mol. The summed E-state index contributed by atoms with van der Waals surface area (Å²) >= 11 is 6.34. The number of aromatic amines is 1. The van der Waals surface area contributed by atoms with Crippen LogP contribution in [0.15, 0.2) is 60.9 Å². The molecule has 1 saturated heterocycles. The van der Waals surface area contributed by atoms with Gasteiger partial charge in [0.2, 0.25) is 5.95 Å². The Labute approximate surface area is 227 Å². The number of anilines is 1. The smallest absolute Gasteiger partial charge is 0.226 e. The highest BCUT2D eigenvalue weighted by Gasteiger charge is 2.33. The third-order valence-electron chi connectivity index (χ3n) is 7.39. The number of fused-ring (bicyclic) bond motifs is 3. The van der Waals surface area contributed by atoms with Crippen LogP contribution in [0.4, 0.5) is 5.95 Å². The van der Waals surface area contributed by atoms with Gasteiger partial charge in [0.15, 0.2) is 0 Å². The Morgan fingerprint density at radius 3 is 2.66 bits per heavy atom. The van der Waals surface area contributed by atoms with E-state index in [9.17, 15) is 5.11 Å². The Morgan fingerprint density at radius 2 is 1.87 bits per heavy atom. The van der Waals surface area contributed by atoms with Gasteiger partial charge in [-0.25, -0.2) is 9.97 Å². The van der Waals surface area contributed by atoms with Gasteiger partial charge in [-0.05, 0) is 53.9 Å². The molecule has 2 aromatic carbocycles. The molecule has 38 heavy (non-hydrogen) atoms. The summed E-state index contributed by atoms with van der Waals surface area (Å²) in [5.74, 6) is 1.49. The zero-order valence-electron chi connectivity index (χ0n) is 21.2. The van der Waals surface area contributed by atoms with Crippen LogP contribution in [-0.2, 0) is 11.2 Å². The minimum Gasteiger partial charge on any atom is -0.493 e. The number of nitrogens with zero attached hydrogens (tertiary/aromatic N) is 4. The van der Waals surface area contributed by atoms with Crippen LogP contribution in [-0.4, -0.2) is 77.1 Å². The number of rotatable bonds is 8. The van der Waals surface area contributed by atoms with E-state index < -0.39 is 6.10 Å². The maximum Gasteiger partial charge on any atom is 0.226 e. The molecule has 8 nitrogen and oxygen atoms in total. The molecular weight excluding hydrogens is 502 g/mol. The molecule has 0 aliphatic carbocycles. The van der Waals surface area contributed by atoms with Gasteiger partial charge in [0, 0.05) is 66.6 Å². The van der Waals surface area contributed by atoms with Crippen molar-refractivity contribution in [3.63, 3.8) is 0 Å². The quantitative estimate of drug-likeness (QED) is 0.350. The lowest BCUT2D eigenvalue weighted by Crippen LogP contribution is -2.41. The molecule has 0 unspecified atom stereocenters. The molecule has 2 aliphatic heterocycles. The number of aromatic nitrogens is 3. The molecule has 0 bridgehead atoms. The molecule has 9 heteroatoms. The number of halogens is 1. The molecule has 2 atom stereocenters. The lowest BCUT2D eigenvalue weighted by Gasteiger charge is -2.36. The van der Waals surface area contributed by atoms with Crippen molar-refractivity contribution in [2.75, 3.05) is 50.9 Å². The maximum absolute atomic E-state index is 10.4. The summed E-state index contributed by atoms with van der Waals surface area (Å²) < 4.78 is 11.4. The van der Waals surface area contributed by atoms with Crippen LogP contribution in [0.1, 0.15) is 29.3 Å². The SMILES string of the molecule is O[C@@H](CCOc1ccc([C@H]2c3[nH]c4ccc(Cl)cc4c3CCN2c2ncccn2)cc1)CN1CCOCC1. The first-order valence-corrected chi connectivity index (χ1v) is 13.6. The first-order chi connectivity index (χ1) is 18.7. The van der Waals surface area contributed by atoms with Crippen molar-refractivity contribution in [2.24, 2.45) is 0 Å². The van der Waals surface area contributed by atoms with E-state index in [1.165, 1.54) is 10.9 Å². The van der Waals surface area contributed by atoms with Gasteiger partial charge < -0.3 is 24.5 Å². The van der Waals surface area contributed by atoms with Crippen LogP contribution in [0.3, 0.4) is 0 Å². The monoisotopic (exact) mass is 533 g/mol. The standard InChI is InChI=1S/C29H32ClN5O3/c30-21-4-7-26-25(18-21)24-8-12-35(29-31-10-1-11-32-29)28(27(24)33-26)20-2-5-23(6-3-20)38-15-9-22(36)19-34-13-16-37-17-14-34/h1-7,10-11,18,22,28,33,36H,8-9,12-17,19H2/t22-,28-/m0/s1. The van der Waals surface area contributed by atoms with Gasteiger partial charge in [0.25, 0.3) is 0 Å². The summed E-state index contributed by atoms with van der Waals surface area (Å²) in [7, 11) is 0. The molecule has 0 radical (unpaired) electrons. The Kier molecular flexibility index (Phi) is 7.47. The van der Waals surface area contributed by atoms with Gasteiger partial charge in [-0.1, -0.05) is 23.7 Å².